The molecule has 0 spiro atoms. The first-order chi connectivity index (χ1) is 8.34. The molecule has 0 saturated heterocycles. The average Bonchev–Trinajstić information content (AvgIpc) is 2.26. The van der Waals surface area contributed by atoms with Crippen LogP contribution in [0.4, 0.5) is 11.4 Å². The van der Waals surface area contributed by atoms with Crippen molar-refractivity contribution < 1.29 is 4.79 Å². The van der Waals surface area contributed by atoms with E-state index in [4.69, 9.17) is 5.26 Å². The van der Waals surface area contributed by atoms with E-state index in [9.17, 15) is 4.79 Å². The number of hydrogen-bond donors (Lipinski definition) is 0. The lowest BCUT2D eigenvalue weighted by atomic mass is 10.0. The van der Waals surface area contributed by atoms with Crippen LogP contribution in [0.25, 0.3) is 0 Å². The molecule has 0 saturated carbocycles. The van der Waals surface area contributed by atoms with E-state index >= 15 is 0 Å². The maximum atomic E-state index is 12.2. The van der Waals surface area contributed by atoms with E-state index in [1.165, 1.54) is 0 Å². The Balaban J connectivity index is 2.63. The second-order valence-electron chi connectivity index (χ2n) is 5.57. The van der Waals surface area contributed by atoms with Crippen molar-refractivity contribution in [1.29, 1.82) is 5.26 Å². The lowest BCUT2D eigenvalue weighted by Gasteiger charge is -2.42. The number of carbonyl (C=O) groups is 1. The molecule has 1 heterocycles. The van der Waals surface area contributed by atoms with Crippen molar-refractivity contribution in [2.45, 2.75) is 26.3 Å². The highest BCUT2D eigenvalue weighted by atomic mass is 16.2. The van der Waals surface area contributed by atoms with Crippen molar-refractivity contribution >= 4 is 17.3 Å². The molecule has 0 radical (unpaired) electrons. The molecule has 94 valence electrons. The number of anilines is 2. The van der Waals surface area contributed by atoms with Crippen LogP contribution in [-0.4, -0.2) is 25.0 Å². The van der Waals surface area contributed by atoms with Crippen molar-refractivity contribution in [2.24, 2.45) is 0 Å². The first kappa shape index (κ1) is 12.4. The fourth-order valence-electron chi connectivity index (χ4n) is 2.32. The number of amides is 1. The zero-order chi connectivity index (χ0) is 13.5. The Morgan fingerprint density at radius 2 is 1.94 bits per heavy atom. The normalized spacial score (nSPS) is 15.4. The Morgan fingerprint density at radius 1 is 1.28 bits per heavy atom. The smallest absolute Gasteiger partial charge is 0.247 e. The summed E-state index contributed by atoms with van der Waals surface area (Å²) in [6.45, 7) is 6.37. The van der Waals surface area contributed by atoms with Gasteiger partial charge >= 0.3 is 0 Å². The second-order valence-corrected chi connectivity index (χ2v) is 5.57. The zero-order valence-corrected chi connectivity index (χ0v) is 11.2. The highest BCUT2D eigenvalue weighted by molar-refractivity contribution is 6.04. The Bertz CT molecular complexity index is 537. The van der Waals surface area contributed by atoms with Crippen molar-refractivity contribution in [1.82, 2.24) is 0 Å². The number of nitrogens with zero attached hydrogens (tertiary/aromatic N) is 3. The van der Waals surface area contributed by atoms with E-state index in [1.54, 1.807) is 17.0 Å². The summed E-state index contributed by atoms with van der Waals surface area (Å²) in [5, 5.41) is 8.99. The molecule has 0 bridgehead atoms. The predicted octanol–water partition coefficient (Wildman–Crippen LogP) is 2.14. The molecule has 1 aliphatic heterocycles. The lowest BCUT2D eigenvalue weighted by Crippen LogP contribution is -2.53. The Kier molecular flexibility index (Phi) is 2.78. The zero-order valence-electron chi connectivity index (χ0n) is 11.2. The minimum atomic E-state index is -0.291. The fourth-order valence-corrected chi connectivity index (χ4v) is 2.32. The van der Waals surface area contributed by atoms with Gasteiger partial charge in [0.05, 0.1) is 29.6 Å². The molecule has 2 rings (SSSR count). The Morgan fingerprint density at radius 3 is 2.50 bits per heavy atom. The van der Waals surface area contributed by atoms with E-state index in [2.05, 4.69) is 6.07 Å². The van der Waals surface area contributed by atoms with Gasteiger partial charge in [0.15, 0.2) is 0 Å². The van der Waals surface area contributed by atoms with Gasteiger partial charge in [-0.05, 0) is 39.0 Å². The van der Waals surface area contributed by atoms with Crippen LogP contribution in [0.3, 0.4) is 0 Å². The SMILES string of the molecule is CN1CC(=O)N(C(C)(C)C)c2cc(C#N)ccc21. The van der Waals surface area contributed by atoms with E-state index < -0.39 is 0 Å². The van der Waals surface area contributed by atoms with Crippen LogP contribution in [-0.2, 0) is 4.79 Å². The molecule has 0 aromatic heterocycles. The maximum Gasteiger partial charge on any atom is 0.247 e. The molecule has 0 unspecified atom stereocenters. The summed E-state index contributed by atoms with van der Waals surface area (Å²) in [6.07, 6.45) is 0. The summed E-state index contributed by atoms with van der Waals surface area (Å²) < 4.78 is 0. The standard InChI is InChI=1S/C14H17N3O/c1-14(2,3)17-12-7-10(8-15)5-6-11(12)16(4)9-13(17)18/h5-7H,9H2,1-4H3. The average molecular weight is 243 g/mol. The van der Waals surface area contributed by atoms with Crippen LogP contribution < -0.4 is 9.80 Å². The van der Waals surface area contributed by atoms with Crippen molar-refractivity contribution in [2.75, 3.05) is 23.4 Å². The maximum absolute atomic E-state index is 12.2. The lowest BCUT2D eigenvalue weighted by molar-refractivity contribution is -0.118. The molecular weight excluding hydrogens is 226 g/mol. The number of nitriles is 1. The third-order valence-corrected chi connectivity index (χ3v) is 3.05. The molecule has 1 aromatic rings. The predicted molar refractivity (Wildman–Crippen MR) is 71.7 cm³/mol. The van der Waals surface area contributed by atoms with Gasteiger partial charge in [-0.2, -0.15) is 5.26 Å². The number of rotatable bonds is 0. The van der Waals surface area contributed by atoms with Crippen molar-refractivity contribution in [3.63, 3.8) is 0 Å². The van der Waals surface area contributed by atoms with Crippen LogP contribution >= 0.6 is 0 Å². The van der Waals surface area contributed by atoms with Gasteiger partial charge in [-0.15, -0.1) is 0 Å². The number of likely N-dealkylation sites (N-methyl/N-ethyl adjacent to an activating group) is 1. The molecule has 0 fully saturated rings. The van der Waals surface area contributed by atoms with Gasteiger partial charge in [-0.25, -0.2) is 0 Å². The largest absolute Gasteiger partial charge is 0.364 e. The minimum absolute atomic E-state index is 0.0626. The molecule has 1 amide bonds. The minimum Gasteiger partial charge on any atom is -0.364 e. The Hall–Kier alpha value is -2.02. The third-order valence-electron chi connectivity index (χ3n) is 3.05. The summed E-state index contributed by atoms with van der Waals surface area (Å²) >= 11 is 0. The van der Waals surface area contributed by atoms with Crippen LogP contribution in [0, 0.1) is 11.3 Å². The van der Waals surface area contributed by atoms with Crippen LogP contribution in [0.15, 0.2) is 18.2 Å². The van der Waals surface area contributed by atoms with E-state index in [1.807, 2.05) is 38.8 Å². The molecule has 4 nitrogen and oxygen atoms in total. The van der Waals surface area contributed by atoms with E-state index in [0.717, 1.165) is 11.4 Å². The van der Waals surface area contributed by atoms with E-state index in [0.29, 0.717) is 12.1 Å². The fraction of sp³-hybridized carbons (Fsp3) is 0.429. The third kappa shape index (κ3) is 1.92. The highest BCUT2D eigenvalue weighted by Gasteiger charge is 2.34. The molecular formula is C14H17N3O. The molecule has 0 aliphatic carbocycles. The summed E-state index contributed by atoms with van der Waals surface area (Å²) in [4.78, 5) is 15.9. The van der Waals surface area contributed by atoms with Crippen LogP contribution in [0.5, 0.6) is 0 Å². The van der Waals surface area contributed by atoms with Gasteiger partial charge in [0.25, 0.3) is 0 Å². The van der Waals surface area contributed by atoms with Gasteiger partial charge in [0.1, 0.15) is 0 Å². The van der Waals surface area contributed by atoms with E-state index in [-0.39, 0.29) is 11.4 Å². The van der Waals surface area contributed by atoms with Gasteiger partial charge in [0, 0.05) is 12.6 Å². The molecule has 1 aromatic carbocycles. The first-order valence-electron chi connectivity index (χ1n) is 5.93. The monoisotopic (exact) mass is 243 g/mol. The quantitative estimate of drug-likeness (QED) is 0.701. The number of carbonyl (C=O) groups excluding carboxylic acids is 1. The number of benzene rings is 1. The summed E-state index contributed by atoms with van der Waals surface area (Å²) in [5.74, 6) is 0.0626. The van der Waals surface area contributed by atoms with Crippen molar-refractivity contribution in [3.8, 4) is 6.07 Å². The van der Waals surface area contributed by atoms with Crippen molar-refractivity contribution in [3.05, 3.63) is 23.8 Å². The molecule has 1 aliphatic rings. The molecule has 0 atom stereocenters. The Labute approximate surface area is 107 Å². The molecule has 18 heavy (non-hydrogen) atoms. The first-order valence-corrected chi connectivity index (χ1v) is 5.93. The second kappa shape index (κ2) is 4.02. The van der Waals surface area contributed by atoms with Gasteiger partial charge in [-0.3, -0.25) is 4.79 Å². The summed E-state index contributed by atoms with van der Waals surface area (Å²) in [6, 6.07) is 7.59. The molecule has 0 N–H and O–H groups in total. The topological polar surface area (TPSA) is 47.3 Å². The summed E-state index contributed by atoms with van der Waals surface area (Å²) in [7, 11) is 1.89. The number of fused-ring (bicyclic) bond motifs is 1. The van der Waals surface area contributed by atoms with Gasteiger partial charge < -0.3 is 9.80 Å². The van der Waals surface area contributed by atoms with Crippen LogP contribution in [0.2, 0.25) is 0 Å². The van der Waals surface area contributed by atoms with Crippen LogP contribution in [0.1, 0.15) is 26.3 Å². The molecule has 4 heteroatoms. The highest BCUT2D eigenvalue weighted by Crippen LogP contribution is 2.37. The summed E-state index contributed by atoms with van der Waals surface area (Å²) in [5.41, 5.74) is 2.09. The number of hydrogen-bond acceptors (Lipinski definition) is 3. The van der Waals surface area contributed by atoms with Gasteiger partial charge in [0.2, 0.25) is 5.91 Å². The van der Waals surface area contributed by atoms with Gasteiger partial charge in [-0.1, -0.05) is 0 Å².